The quantitative estimate of drug-likeness (QED) is 0.162. The van der Waals surface area contributed by atoms with E-state index < -0.39 is 29.6 Å². The van der Waals surface area contributed by atoms with Gasteiger partial charge in [-0.05, 0) is 78.3 Å². The highest BCUT2D eigenvalue weighted by Crippen LogP contribution is 2.32. The van der Waals surface area contributed by atoms with Gasteiger partial charge < -0.3 is 11.1 Å². The summed E-state index contributed by atoms with van der Waals surface area (Å²) >= 11 is 0. The number of carbonyl (C=O) groups is 2. The van der Waals surface area contributed by atoms with Crippen molar-refractivity contribution in [2.75, 3.05) is 4.90 Å². The Hall–Kier alpha value is -4.80. The molecule has 8 nitrogen and oxygen atoms in total. The zero-order valence-corrected chi connectivity index (χ0v) is 22.1. The first-order valence-corrected chi connectivity index (χ1v) is 13.0. The minimum Gasteiger partial charge on any atom is -0.366 e. The zero-order valence-electron chi connectivity index (χ0n) is 22.1. The van der Waals surface area contributed by atoms with E-state index in [1.54, 1.807) is 12.1 Å². The highest BCUT2D eigenvalue weighted by atomic mass is 19.4. The van der Waals surface area contributed by atoms with Gasteiger partial charge in [-0.2, -0.15) is 18.2 Å². The third kappa shape index (κ3) is 7.65. The molecule has 3 aromatic carbocycles. The highest BCUT2D eigenvalue weighted by Gasteiger charge is 2.33. The van der Waals surface area contributed by atoms with E-state index in [0.717, 1.165) is 37.3 Å². The number of hydrogen-bond donors (Lipinski definition) is 3. The summed E-state index contributed by atoms with van der Waals surface area (Å²) in [4.78, 5) is 30.5. The molecule has 4 N–H and O–H groups in total. The fraction of sp³-hybridized carbons (Fsp3) is 0.233. The number of nitrogens with zero attached hydrogens (tertiary/aromatic N) is 3. The van der Waals surface area contributed by atoms with Crippen molar-refractivity contribution in [1.82, 2.24) is 5.32 Å². The molecule has 0 saturated carbocycles. The number of guanidine groups is 1. The Bertz CT molecular complexity index is 1460. The molecule has 0 aliphatic heterocycles. The van der Waals surface area contributed by atoms with E-state index >= 15 is 0 Å². The van der Waals surface area contributed by atoms with E-state index in [1.165, 1.54) is 40.8 Å². The van der Waals surface area contributed by atoms with Crippen molar-refractivity contribution in [3.8, 4) is 0 Å². The predicted molar refractivity (Wildman–Crippen MR) is 150 cm³/mol. The van der Waals surface area contributed by atoms with Crippen molar-refractivity contribution >= 4 is 29.2 Å². The molecule has 0 fully saturated rings. The normalized spacial score (nSPS) is 13.7. The Labute approximate surface area is 235 Å². The number of nitrogens with one attached hydrogen (secondary N) is 2. The lowest BCUT2D eigenvalue weighted by molar-refractivity contribution is -0.138. The zero-order chi connectivity index (χ0) is 29.4. The molecule has 0 atom stereocenters. The largest absolute Gasteiger partial charge is 0.416 e. The number of rotatable bonds is 7. The van der Waals surface area contributed by atoms with Crippen LogP contribution in [0.15, 0.2) is 89.0 Å². The molecule has 3 amide bonds. The number of hydrogen-bond acceptors (Lipinski definition) is 3. The second kappa shape index (κ2) is 13.0. The number of carbonyl (C=O) groups excluding carboxylic acids is 2. The van der Waals surface area contributed by atoms with Gasteiger partial charge in [0, 0.05) is 17.8 Å². The van der Waals surface area contributed by atoms with Crippen molar-refractivity contribution < 1.29 is 22.8 Å². The Morgan fingerprint density at radius 1 is 0.976 bits per heavy atom. The molecular formula is C30H29F3N6O2. The van der Waals surface area contributed by atoms with Crippen molar-refractivity contribution in [3.05, 3.63) is 107 Å². The topological polar surface area (TPSA) is 124 Å². The molecule has 0 radical (unpaired) electrons. The summed E-state index contributed by atoms with van der Waals surface area (Å²) in [5, 5.41) is 5.53. The molecule has 1 aliphatic rings. The van der Waals surface area contributed by atoms with E-state index in [4.69, 9.17) is 11.3 Å². The fourth-order valence-corrected chi connectivity index (χ4v) is 4.58. The number of anilines is 1. The van der Waals surface area contributed by atoms with Gasteiger partial charge in [-0.25, -0.2) is 10.3 Å². The number of aliphatic imine (C=N–C) groups is 1. The predicted octanol–water partition coefficient (Wildman–Crippen LogP) is 7.07. The molecule has 0 heterocycles. The highest BCUT2D eigenvalue weighted by molar-refractivity contribution is 6.02. The number of amides is 3. The first kappa shape index (κ1) is 29.2. The summed E-state index contributed by atoms with van der Waals surface area (Å²) in [7, 11) is 0. The maximum atomic E-state index is 13.5. The summed E-state index contributed by atoms with van der Waals surface area (Å²) < 4.78 is 40.4. The standard InChI is InChI=1S/C30H29F3N6O2/c31-30(32,33)26-9-5-4-8-24(26)18-36-29(41)39(25-16-14-22(15-17-25)21-6-2-1-3-7-21)19-20-10-12-23(13-11-20)27(40)37-28(34)38-35/h4-6,8-17,35H,1-3,7,18-19H2,(H,36,41)(H2,34,37,40). The number of alkyl halides is 3. The molecule has 0 unspecified atom stereocenters. The first-order chi connectivity index (χ1) is 19.7. The lowest BCUT2D eigenvalue weighted by Gasteiger charge is -2.25. The summed E-state index contributed by atoms with van der Waals surface area (Å²) in [6.45, 7) is -0.235. The Kier molecular flexibility index (Phi) is 9.28. The molecule has 4 rings (SSSR count). The lowest BCUT2D eigenvalue weighted by atomic mass is 9.93. The van der Waals surface area contributed by atoms with Gasteiger partial charge in [0.15, 0.2) is 0 Å². The average Bonchev–Trinajstić information content (AvgIpc) is 2.99. The number of halogens is 3. The first-order valence-electron chi connectivity index (χ1n) is 13.0. The van der Waals surface area contributed by atoms with Crippen LogP contribution in [0.2, 0.25) is 0 Å². The molecule has 0 bridgehead atoms. The number of nitrogens with two attached hydrogens (primary N) is 1. The number of benzene rings is 3. The second-order valence-corrected chi connectivity index (χ2v) is 9.51. The van der Waals surface area contributed by atoms with E-state index in [2.05, 4.69) is 21.5 Å². The molecule has 212 valence electrons. The monoisotopic (exact) mass is 562 g/mol. The third-order valence-electron chi connectivity index (χ3n) is 6.71. The Balaban J connectivity index is 1.58. The van der Waals surface area contributed by atoms with E-state index in [1.807, 2.05) is 24.3 Å². The molecule has 0 aromatic heterocycles. The Morgan fingerprint density at radius 3 is 2.32 bits per heavy atom. The van der Waals surface area contributed by atoms with E-state index in [9.17, 15) is 22.8 Å². The van der Waals surface area contributed by atoms with Gasteiger partial charge in [0.2, 0.25) is 5.96 Å². The van der Waals surface area contributed by atoms with Gasteiger partial charge in [0.25, 0.3) is 5.91 Å². The van der Waals surface area contributed by atoms with Gasteiger partial charge in [0.1, 0.15) is 0 Å². The van der Waals surface area contributed by atoms with Crippen LogP contribution in [0.5, 0.6) is 0 Å². The van der Waals surface area contributed by atoms with Crippen molar-refractivity contribution in [3.63, 3.8) is 0 Å². The summed E-state index contributed by atoms with van der Waals surface area (Å²) in [6.07, 6.45) is 1.97. The van der Waals surface area contributed by atoms with E-state index in [-0.39, 0.29) is 24.2 Å². The summed E-state index contributed by atoms with van der Waals surface area (Å²) in [5.41, 5.74) is 15.0. The van der Waals surface area contributed by atoms with Crippen molar-refractivity contribution in [1.29, 1.82) is 5.53 Å². The van der Waals surface area contributed by atoms with Crippen LogP contribution in [0.25, 0.3) is 5.57 Å². The van der Waals surface area contributed by atoms with Crippen LogP contribution in [-0.2, 0) is 19.3 Å². The maximum Gasteiger partial charge on any atom is 0.416 e. The van der Waals surface area contributed by atoms with Crippen molar-refractivity contribution in [2.45, 2.75) is 44.9 Å². The van der Waals surface area contributed by atoms with Gasteiger partial charge in [-0.1, -0.05) is 48.5 Å². The van der Waals surface area contributed by atoms with Gasteiger partial charge in [0.05, 0.1) is 12.1 Å². The molecule has 1 aliphatic carbocycles. The molecule has 0 spiro atoms. The van der Waals surface area contributed by atoms with Crippen LogP contribution in [0.1, 0.15) is 58.3 Å². The lowest BCUT2D eigenvalue weighted by Crippen LogP contribution is -2.39. The van der Waals surface area contributed by atoms with Crippen LogP contribution in [0.4, 0.5) is 23.7 Å². The number of urea groups is 1. The van der Waals surface area contributed by atoms with Gasteiger partial charge in [-0.3, -0.25) is 9.69 Å². The smallest absolute Gasteiger partial charge is 0.366 e. The van der Waals surface area contributed by atoms with Crippen LogP contribution >= 0.6 is 0 Å². The minimum absolute atomic E-state index is 0.0463. The number of allylic oxidation sites excluding steroid dienone is 2. The minimum atomic E-state index is -4.55. The SMILES string of the molecule is N=NC(N)=NC(=O)c1ccc(CN(C(=O)NCc2ccccc2C(F)(F)F)c2ccc(C3=CCCCC3)cc2)cc1. The van der Waals surface area contributed by atoms with Crippen LogP contribution in [0.3, 0.4) is 0 Å². The maximum absolute atomic E-state index is 13.5. The molecule has 41 heavy (non-hydrogen) atoms. The molecule has 11 heteroatoms. The van der Waals surface area contributed by atoms with Crippen LogP contribution < -0.4 is 16.0 Å². The molecular weight excluding hydrogens is 533 g/mol. The Morgan fingerprint density at radius 2 is 1.68 bits per heavy atom. The molecule has 0 saturated heterocycles. The second-order valence-electron chi connectivity index (χ2n) is 9.51. The third-order valence-corrected chi connectivity index (χ3v) is 6.71. The van der Waals surface area contributed by atoms with Crippen LogP contribution in [0, 0.1) is 5.53 Å². The average molecular weight is 563 g/mol. The van der Waals surface area contributed by atoms with Crippen molar-refractivity contribution in [2.24, 2.45) is 15.8 Å². The van der Waals surface area contributed by atoms with Gasteiger partial charge in [-0.15, -0.1) is 5.11 Å². The van der Waals surface area contributed by atoms with Crippen LogP contribution in [-0.4, -0.2) is 17.9 Å². The fourth-order valence-electron chi connectivity index (χ4n) is 4.58. The van der Waals surface area contributed by atoms with E-state index in [0.29, 0.717) is 11.3 Å². The van der Waals surface area contributed by atoms with Gasteiger partial charge >= 0.3 is 12.2 Å². The molecule has 3 aromatic rings. The summed E-state index contributed by atoms with van der Waals surface area (Å²) in [6, 6.07) is 18.3. The summed E-state index contributed by atoms with van der Waals surface area (Å²) in [5.74, 6) is -1.14.